The molecule has 1 N–H and O–H groups in total. The van der Waals surface area contributed by atoms with Crippen molar-refractivity contribution in [3.05, 3.63) is 70.9 Å². The van der Waals surface area contributed by atoms with Gasteiger partial charge in [0.15, 0.2) is 9.84 Å². The van der Waals surface area contributed by atoms with Crippen molar-refractivity contribution in [3.63, 3.8) is 0 Å². The van der Waals surface area contributed by atoms with Crippen molar-refractivity contribution >= 4 is 15.7 Å². The van der Waals surface area contributed by atoms with Crippen molar-refractivity contribution in [3.8, 4) is 11.5 Å². The molecule has 37 heavy (non-hydrogen) atoms. The van der Waals surface area contributed by atoms with Gasteiger partial charge in [0.1, 0.15) is 5.76 Å². The summed E-state index contributed by atoms with van der Waals surface area (Å²) < 4.78 is 32.3. The van der Waals surface area contributed by atoms with Gasteiger partial charge >= 0.3 is 0 Å². The monoisotopic (exact) mass is 522 g/mol. The van der Waals surface area contributed by atoms with Gasteiger partial charge in [-0.2, -0.15) is 0 Å². The average molecular weight is 523 g/mol. The van der Waals surface area contributed by atoms with Crippen molar-refractivity contribution in [2.45, 2.75) is 69.5 Å². The Morgan fingerprint density at radius 3 is 2.54 bits per heavy atom. The van der Waals surface area contributed by atoms with Crippen molar-refractivity contribution in [1.29, 1.82) is 0 Å². The molecular weight excluding hydrogens is 488 g/mol. The maximum Gasteiger partial charge on any atom is 0.251 e. The van der Waals surface area contributed by atoms with Gasteiger partial charge in [0.25, 0.3) is 5.91 Å². The molecule has 8 nitrogen and oxygen atoms in total. The van der Waals surface area contributed by atoms with E-state index in [1.807, 2.05) is 19.1 Å². The third kappa shape index (κ3) is 5.93. The van der Waals surface area contributed by atoms with Crippen LogP contribution in [0.15, 0.2) is 47.0 Å². The molecule has 9 heteroatoms. The minimum Gasteiger partial charge on any atom is -0.441 e. The molecule has 0 radical (unpaired) electrons. The van der Waals surface area contributed by atoms with Crippen molar-refractivity contribution in [2.24, 2.45) is 0 Å². The summed E-state index contributed by atoms with van der Waals surface area (Å²) in [5, 5.41) is 2.58. The molecular formula is C28H34N4O4S. The molecule has 1 saturated heterocycles. The summed E-state index contributed by atoms with van der Waals surface area (Å²) >= 11 is 0. The van der Waals surface area contributed by atoms with Crippen molar-refractivity contribution in [1.82, 2.24) is 20.2 Å². The number of rotatable bonds is 8. The van der Waals surface area contributed by atoms with E-state index in [4.69, 9.17) is 4.42 Å². The highest BCUT2D eigenvalue weighted by molar-refractivity contribution is 7.91. The van der Waals surface area contributed by atoms with E-state index in [1.165, 1.54) is 12.8 Å². The minimum atomic E-state index is -3.32. The number of nitrogens with zero attached hydrogens (tertiary/aromatic N) is 3. The summed E-state index contributed by atoms with van der Waals surface area (Å²) in [7, 11) is -3.32. The van der Waals surface area contributed by atoms with Crippen LogP contribution in [0.25, 0.3) is 11.5 Å². The number of nitrogens with one attached hydrogen (secondary N) is 1. The van der Waals surface area contributed by atoms with E-state index < -0.39 is 9.84 Å². The second-order valence-electron chi connectivity index (χ2n) is 10.2. The molecule has 0 spiro atoms. The second-order valence-corrected chi connectivity index (χ2v) is 12.5. The molecule has 3 aromatic rings. The predicted molar refractivity (Wildman–Crippen MR) is 142 cm³/mol. The van der Waals surface area contributed by atoms with Crippen LogP contribution in [0.1, 0.15) is 65.2 Å². The molecule has 2 atom stereocenters. The van der Waals surface area contributed by atoms with Crippen LogP contribution in [0.5, 0.6) is 0 Å². The molecule has 1 aliphatic heterocycles. The first kappa shape index (κ1) is 25.6. The Kier molecular flexibility index (Phi) is 7.44. The fourth-order valence-electron chi connectivity index (χ4n) is 5.33. The van der Waals surface area contributed by atoms with Crippen LogP contribution in [0.4, 0.5) is 0 Å². The summed E-state index contributed by atoms with van der Waals surface area (Å²) in [4.78, 5) is 23.8. The quantitative estimate of drug-likeness (QED) is 0.472. The fraction of sp³-hybridized carbons (Fsp3) is 0.464. The number of hydrogen-bond donors (Lipinski definition) is 1. The Labute approximate surface area is 218 Å². The summed E-state index contributed by atoms with van der Waals surface area (Å²) in [5.41, 5.74) is 3.54. The van der Waals surface area contributed by atoms with E-state index in [-0.39, 0.29) is 16.9 Å². The van der Waals surface area contributed by atoms with Gasteiger partial charge in [0.05, 0.1) is 16.7 Å². The highest BCUT2D eigenvalue weighted by Crippen LogP contribution is 2.33. The maximum absolute atomic E-state index is 13.2. The van der Waals surface area contributed by atoms with Crippen LogP contribution in [0.2, 0.25) is 0 Å². The Morgan fingerprint density at radius 2 is 1.84 bits per heavy atom. The van der Waals surface area contributed by atoms with E-state index in [9.17, 15) is 13.2 Å². The number of benzene rings is 1. The first-order valence-corrected chi connectivity index (χ1v) is 14.7. The Morgan fingerprint density at radius 1 is 1.08 bits per heavy atom. The van der Waals surface area contributed by atoms with Gasteiger partial charge in [-0.05, 0) is 94.9 Å². The van der Waals surface area contributed by atoms with Crippen LogP contribution >= 0.6 is 0 Å². The number of oxazole rings is 1. The van der Waals surface area contributed by atoms with Crippen LogP contribution in [-0.2, 0) is 22.1 Å². The lowest BCUT2D eigenvalue weighted by molar-refractivity contribution is 0.0951. The molecule has 2 aromatic heterocycles. The standard InChI is InChI=1S/C28H34N4O4S/c1-19-5-6-21(16-29-19)17-30-27(33)22-7-9-23(10-8-22)28-31-26(20(2)36-28)18-37(34,35)25-12-11-24(15-25)32-13-3-4-14-32/h5-10,16,24-25H,3-4,11-15,17-18H2,1-2H3,(H,30,33). The van der Waals surface area contributed by atoms with Gasteiger partial charge in [-0.25, -0.2) is 13.4 Å². The van der Waals surface area contributed by atoms with Crippen LogP contribution < -0.4 is 5.32 Å². The van der Waals surface area contributed by atoms with E-state index >= 15 is 0 Å². The van der Waals surface area contributed by atoms with E-state index in [0.717, 1.165) is 43.6 Å². The molecule has 5 rings (SSSR count). The molecule has 196 valence electrons. The Bertz CT molecular complexity index is 1340. The van der Waals surface area contributed by atoms with Gasteiger partial charge in [0, 0.05) is 35.6 Å². The first-order valence-electron chi connectivity index (χ1n) is 13.0. The lowest BCUT2D eigenvalue weighted by Crippen LogP contribution is -2.32. The molecule has 1 aromatic carbocycles. The molecule has 2 unspecified atom stereocenters. The summed E-state index contributed by atoms with van der Waals surface area (Å²) in [6.45, 7) is 6.25. The van der Waals surface area contributed by atoms with Crippen LogP contribution in [0.3, 0.4) is 0 Å². The van der Waals surface area contributed by atoms with Gasteiger partial charge in [0.2, 0.25) is 5.89 Å². The molecule has 2 fully saturated rings. The van der Waals surface area contributed by atoms with E-state index in [1.54, 1.807) is 37.4 Å². The number of likely N-dealkylation sites (tertiary alicyclic amines) is 1. The molecule has 1 aliphatic carbocycles. The number of aryl methyl sites for hydroxylation is 2. The zero-order chi connectivity index (χ0) is 26.0. The number of pyridine rings is 1. The fourth-order valence-corrected chi connectivity index (χ4v) is 7.22. The van der Waals surface area contributed by atoms with Crippen LogP contribution in [0, 0.1) is 13.8 Å². The lowest BCUT2D eigenvalue weighted by atomic mass is 10.1. The van der Waals surface area contributed by atoms with Crippen molar-refractivity contribution < 1.29 is 17.6 Å². The third-order valence-electron chi connectivity index (χ3n) is 7.57. The molecule has 3 heterocycles. The summed E-state index contributed by atoms with van der Waals surface area (Å²) in [6, 6.07) is 11.2. The number of aromatic nitrogens is 2. The minimum absolute atomic E-state index is 0.103. The second kappa shape index (κ2) is 10.8. The zero-order valence-corrected chi connectivity index (χ0v) is 22.3. The third-order valence-corrected chi connectivity index (χ3v) is 9.69. The summed E-state index contributed by atoms with van der Waals surface area (Å²) in [6.07, 6.45) is 6.57. The number of carbonyl (C=O) groups is 1. The lowest BCUT2D eigenvalue weighted by Gasteiger charge is -2.23. The van der Waals surface area contributed by atoms with Gasteiger partial charge in [-0.3, -0.25) is 9.78 Å². The molecule has 1 amide bonds. The molecule has 0 bridgehead atoms. The normalized spacial score (nSPS) is 20.4. The zero-order valence-electron chi connectivity index (χ0n) is 21.4. The predicted octanol–water partition coefficient (Wildman–Crippen LogP) is 4.22. The van der Waals surface area contributed by atoms with Gasteiger partial charge in [-0.1, -0.05) is 6.07 Å². The first-order chi connectivity index (χ1) is 17.8. The smallest absolute Gasteiger partial charge is 0.251 e. The number of carbonyl (C=O) groups excluding carboxylic acids is 1. The van der Waals surface area contributed by atoms with E-state index in [2.05, 4.69) is 20.2 Å². The Hall–Kier alpha value is -3.04. The van der Waals surface area contributed by atoms with Crippen molar-refractivity contribution in [2.75, 3.05) is 13.1 Å². The highest BCUT2D eigenvalue weighted by Gasteiger charge is 2.38. The van der Waals surface area contributed by atoms with Gasteiger partial charge < -0.3 is 14.6 Å². The average Bonchev–Trinajstić information content (AvgIpc) is 3.65. The van der Waals surface area contributed by atoms with Crippen LogP contribution in [-0.4, -0.2) is 53.6 Å². The number of sulfone groups is 1. The largest absolute Gasteiger partial charge is 0.441 e. The Balaban J connectivity index is 1.21. The number of hydrogen-bond acceptors (Lipinski definition) is 7. The molecule has 1 saturated carbocycles. The summed E-state index contributed by atoms with van der Waals surface area (Å²) in [5.74, 6) is 0.586. The van der Waals surface area contributed by atoms with E-state index in [0.29, 0.717) is 41.1 Å². The number of amides is 1. The SMILES string of the molecule is Cc1ccc(CNC(=O)c2ccc(-c3nc(CS(=O)(=O)C4CCC(N5CCCC5)C4)c(C)o3)cc2)cn1. The highest BCUT2D eigenvalue weighted by atomic mass is 32.2. The van der Waals surface area contributed by atoms with Gasteiger partial charge in [-0.15, -0.1) is 0 Å². The molecule has 2 aliphatic rings. The topological polar surface area (TPSA) is 105 Å². The maximum atomic E-state index is 13.2.